The molecular formula is C18H22N2O4S. The van der Waals surface area contributed by atoms with Gasteiger partial charge in [-0.25, -0.2) is 0 Å². The topological polar surface area (TPSA) is 76.7 Å². The van der Waals surface area contributed by atoms with Gasteiger partial charge in [0, 0.05) is 5.56 Å². The van der Waals surface area contributed by atoms with Crippen LogP contribution in [0.2, 0.25) is 0 Å². The van der Waals surface area contributed by atoms with Crippen LogP contribution in [0.15, 0.2) is 35.7 Å². The Bertz CT molecular complexity index is 714. The van der Waals surface area contributed by atoms with Gasteiger partial charge in [0.15, 0.2) is 11.5 Å². The first-order valence-electron chi connectivity index (χ1n) is 7.96. The number of benzene rings is 1. The van der Waals surface area contributed by atoms with Crippen molar-refractivity contribution in [2.75, 3.05) is 13.7 Å². The van der Waals surface area contributed by atoms with Gasteiger partial charge in [-0.05, 0) is 42.0 Å². The lowest BCUT2D eigenvalue weighted by atomic mass is 10.1. The summed E-state index contributed by atoms with van der Waals surface area (Å²) >= 11 is 1.30. The Hall–Kier alpha value is -2.54. The lowest BCUT2D eigenvalue weighted by molar-refractivity contribution is 0.0848. The zero-order chi connectivity index (χ0) is 18.2. The van der Waals surface area contributed by atoms with Crippen molar-refractivity contribution in [1.29, 1.82) is 0 Å². The molecule has 6 nitrogen and oxygen atoms in total. The maximum Gasteiger partial charge on any atom is 0.279 e. The Kier molecular flexibility index (Phi) is 6.82. The minimum atomic E-state index is -0.433. The van der Waals surface area contributed by atoms with E-state index < -0.39 is 5.91 Å². The summed E-state index contributed by atoms with van der Waals surface area (Å²) in [7, 11) is 1.52. The van der Waals surface area contributed by atoms with Gasteiger partial charge < -0.3 is 9.47 Å². The Morgan fingerprint density at radius 2 is 1.88 bits per heavy atom. The fourth-order valence-corrected chi connectivity index (χ4v) is 2.61. The van der Waals surface area contributed by atoms with Crippen LogP contribution in [0, 0.1) is 5.92 Å². The minimum absolute atomic E-state index is 0.357. The Balaban J connectivity index is 1.96. The molecule has 0 aliphatic carbocycles. The number of methoxy groups -OCH3 is 1. The van der Waals surface area contributed by atoms with Crippen molar-refractivity contribution in [3.05, 3.63) is 46.2 Å². The Labute approximate surface area is 151 Å². The van der Waals surface area contributed by atoms with Gasteiger partial charge in [0.1, 0.15) is 0 Å². The van der Waals surface area contributed by atoms with Crippen LogP contribution in [-0.4, -0.2) is 25.5 Å². The smallest absolute Gasteiger partial charge is 0.279 e. The Morgan fingerprint density at radius 1 is 1.12 bits per heavy atom. The molecule has 0 fully saturated rings. The molecule has 0 saturated carbocycles. The number of hydrazine groups is 1. The standard InChI is InChI=1S/C18H22N2O4S/c1-12(2)8-9-24-14-7-6-13(11-15(14)23-3)17(21)19-20-18(22)16-5-4-10-25-16/h4-7,10-12H,8-9H2,1-3H3,(H,19,21)(H,20,22). The van der Waals surface area contributed by atoms with E-state index in [1.165, 1.54) is 18.4 Å². The molecule has 0 bridgehead atoms. The van der Waals surface area contributed by atoms with Crippen LogP contribution in [0.4, 0.5) is 0 Å². The number of rotatable bonds is 7. The average Bonchev–Trinajstić information content (AvgIpc) is 3.14. The highest BCUT2D eigenvalue weighted by Crippen LogP contribution is 2.28. The summed E-state index contributed by atoms with van der Waals surface area (Å²) in [5.41, 5.74) is 5.13. The highest BCUT2D eigenvalue weighted by Gasteiger charge is 2.13. The SMILES string of the molecule is COc1cc(C(=O)NNC(=O)c2cccs2)ccc1OCCC(C)C. The fraction of sp³-hybridized carbons (Fsp3) is 0.333. The maximum atomic E-state index is 12.2. The molecule has 25 heavy (non-hydrogen) atoms. The number of nitrogens with one attached hydrogen (secondary N) is 2. The van der Waals surface area contributed by atoms with Crippen molar-refractivity contribution in [2.24, 2.45) is 5.92 Å². The summed E-state index contributed by atoms with van der Waals surface area (Å²) < 4.78 is 11.0. The minimum Gasteiger partial charge on any atom is -0.493 e. The van der Waals surface area contributed by atoms with Crippen molar-refractivity contribution in [3.8, 4) is 11.5 Å². The zero-order valence-corrected chi connectivity index (χ0v) is 15.3. The molecule has 0 saturated heterocycles. The molecule has 0 atom stereocenters. The van der Waals surface area contributed by atoms with E-state index in [1.807, 2.05) is 0 Å². The van der Waals surface area contributed by atoms with E-state index in [-0.39, 0.29) is 5.91 Å². The number of carbonyl (C=O) groups is 2. The molecule has 7 heteroatoms. The molecule has 134 valence electrons. The van der Waals surface area contributed by atoms with Crippen molar-refractivity contribution in [3.63, 3.8) is 0 Å². The van der Waals surface area contributed by atoms with E-state index >= 15 is 0 Å². The van der Waals surface area contributed by atoms with E-state index in [9.17, 15) is 9.59 Å². The zero-order valence-electron chi connectivity index (χ0n) is 14.5. The van der Waals surface area contributed by atoms with Gasteiger partial charge in [0.25, 0.3) is 11.8 Å². The third-order valence-corrected chi connectivity index (χ3v) is 4.28. The maximum absolute atomic E-state index is 12.2. The van der Waals surface area contributed by atoms with Crippen LogP contribution in [0.3, 0.4) is 0 Å². The van der Waals surface area contributed by atoms with Gasteiger partial charge in [-0.1, -0.05) is 19.9 Å². The molecule has 2 N–H and O–H groups in total. The molecule has 0 aliphatic heterocycles. The van der Waals surface area contributed by atoms with E-state index in [1.54, 1.807) is 35.7 Å². The van der Waals surface area contributed by atoms with Crippen molar-refractivity contribution in [1.82, 2.24) is 10.9 Å². The molecule has 0 aliphatic rings. The van der Waals surface area contributed by atoms with Crippen LogP contribution in [0.5, 0.6) is 11.5 Å². The summed E-state index contributed by atoms with van der Waals surface area (Å²) in [6.45, 7) is 4.83. The molecule has 2 amide bonds. The van der Waals surface area contributed by atoms with Crippen molar-refractivity contribution in [2.45, 2.75) is 20.3 Å². The van der Waals surface area contributed by atoms with Gasteiger partial charge in [-0.2, -0.15) is 0 Å². The first-order chi connectivity index (χ1) is 12.0. The van der Waals surface area contributed by atoms with E-state index in [2.05, 4.69) is 24.7 Å². The predicted molar refractivity (Wildman–Crippen MR) is 97.2 cm³/mol. The molecule has 0 unspecified atom stereocenters. The monoisotopic (exact) mass is 362 g/mol. The number of hydrogen-bond acceptors (Lipinski definition) is 5. The molecule has 0 spiro atoms. The van der Waals surface area contributed by atoms with Crippen LogP contribution < -0.4 is 20.3 Å². The van der Waals surface area contributed by atoms with Crippen LogP contribution in [0.1, 0.15) is 40.3 Å². The summed E-state index contributed by atoms with van der Waals surface area (Å²) in [5, 5.41) is 1.79. The Morgan fingerprint density at radius 3 is 2.52 bits per heavy atom. The highest BCUT2D eigenvalue weighted by atomic mass is 32.1. The fourth-order valence-electron chi connectivity index (χ4n) is 1.99. The summed E-state index contributed by atoms with van der Waals surface area (Å²) in [6.07, 6.45) is 0.931. The molecule has 1 aromatic heterocycles. The van der Waals surface area contributed by atoms with Gasteiger partial charge in [0.2, 0.25) is 0 Å². The molecule has 2 aromatic rings. The lowest BCUT2D eigenvalue weighted by Crippen LogP contribution is -2.41. The van der Waals surface area contributed by atoms with Crippen molar-refractivity contribution < 1.29 is 19.1 Å². The molecule has 1 aromatic carbocycles. The normalized spacial score (nSPS) is 10.4. The second kappa shape index (κ2) is 9.08. The third-order valence-electron chi connectivity index (χ3n) is 3.41. The van der Waals surface area contributed by atoms with E-state index in [0.29, 0.717) is 34.5 Å². The first kappa shape index (κ1) is 18.8. The number of ether oxygens (including phenoxy) is 2. The van der Waals surface area contributed by atoms with Crippen LogP contribution in [-0.2, 0) is 0 Å². The number of thiophene rings is 1. The number of hydrogen-bond donors (Lipinski definition) is 2. The van der Waals surface area contributed by atoms with E-state index in [0.717, 1.165) is 6.42 Å². The average molecular weight is 362 g/mol. The summed E-state index contributed by atoms with van der Waals surface area (Å²) in [6, 6.07) is 8.34. The molecule has 0 radical (unpaired) electrons. The summed E-state index contributed by atoms with van der Waals surface area (Å²) in [4.78, 5) is 24.5. The number of amides is 2. The van der Waals surface area contributed by atoms with Gasteiger partial charge >= 0.3 is 0 Å². The van der Waals surface area contributed by atoms with Gasteiger partial charge in [-0.3, -0.25) is 20.4 Å². The predicted octanol–water partition coefficient (Wildman–Crippen LogP) is 3.26. The van der Waals surface area contributed by atoms with Crippen molar-refractivity contribution >= 4 is 23.2 Å². The van der Waals surface area contributed by atoms with Crippen LogP contribution in [0.25, 0.3) is 0 Å². The highest BCUT2D eigenvalue weighted by molar-refractivity contribution is 7.12. The summed E-state index contributed by atoms with van der Waals surface area (Å²) in [5.74, 6) is 0.812. The second-order valence-electron chi connectivity index (χ2n) is 5.78. The van der Waals surface area contributed by atoms with Gasteiger partial charge in [-0.15, -0.1) is 11.3 Å². The quantitative estimate of drug-likeness (QED) is 0.741. The lowest BCUT2D eigenvalue weighted by Gasteiger charge is -2.13. The third kappa shape index (κ3) is 5.49. The van der Waals surface area contributed by atoms with Crippen LogP contribution >= 0.6 is 11.3 Å². The van der Waals surface area contributed by atoms with Gasteiger partial charge in [0.05, 0.1) is 18.6 Å². The van der Waals surface area contributed by atoms with E-state index in [4.69, 9.17) is 9.47 Å². The molecule has 2 rings (SSSR count). The second-order valence-corrected chi connectivity index (χ2v) is 6.73. The number of carbonyl (C=O) groups excluding carboxylic acids is 2. The largest absolute Gasteiger partial charge is 0.493 e. The molecular weight excluding hydrogens is 340 g/mol. The first-order valence-corrected chi connectivity index (χ1v) is 8.84. The molecule has 1 heterocycles.